The third-order valence-electron chi connectivity index (χ3n) is 4.45. The number of aryl methyl sites for hydroxylation is 1. The summed E-state index contributed by atoms with van der Waals surface area (Å²) in [6.45, 7) is 7.36. The first-order valence-electron chi connectivity index (χ1n) is 7.52. The van der Waals surface area contributed by atoms with Gasteiger partial charge in [-0.15, -0.1) is 11.6 Å². The molecule has 2 aromatic heterocycles. The van der Waals surface area contributed by atoms with E-state index in [2.05, 4.69) is 23.4 Å². The molecule has 0 amide bonds. The number of hydrogen-bond acceptors (Lipinski definition) is 2. The van der Waals surface area contributed by atoms with E-state index in [9.17, 15) is 0 Å². The van der Waals surface area contributed by atoms with Gasteiger partial charge in [0.1, 0.15) is 11.3 Å². The number of aromatic nitrogens is 3. The Hall–Kier alpha value is -1.09. The van der Waals surface area contributed by atoms with Crippen molar-refractivity contribution < 1.29 is 0 Å². The number of nitrogens with zero attached hydrogens (tertiary/aromatic N) is 3. The minimum absolute atomic E-state index is 0.0824. The molecule has 1 saturated carbocycles. The van der Waals surface area contributed by atoms with Crippen molar-refractivity contribution in [2.45, 2.75) is 58.4 Å². The lowest BCUT2D eigenvalue weighted by Gasteiger charge is -2.18. The molecule has 3 nitrogen and oxygen atoms in total. The summed E-state index contributed by atoms with van der Waals surface area (Å²) >= 11 is 6.35. The van der Waals surface area contributed by atoms with Gasteiger partial charge in [-0.05, 0) is 50.2 Å². The monoisotopic (exact) mass is 291 g/mol. The van der Waals surface area contributed by atoms with Gasteiger partial charge in [-0.25, -0.2) is 9.97 Å². The first-order chi connectivity index (χ1) is 9.56. The first kappa shape index (κ1) is 13.9. The molecule has 1 atom stereocenters. The Morgan fingerprint density at radius 3 is 2.80 bits per heavy atom. The summed E-state index contributed by atoms with van der Waals surface area (Å²) in [6.07, 6.45) is 7.04. The highest BCUT2D eigenvalue weighted by molar-refractivity contribution is 6.20. The minimum Gasteiger partial charge on any atom is -0.311 e. The molecular formula is C16H22ClN3. The van der Waals surface area contributed by atoms with Crippen molar-refractivity contribution in [3.8, 4) is 0 Å². The summed E-state index contributed by atoms with van der Waals surface area (Å²) in [6, 6.07) is 2.02. The van der Waals surface area contributed by atoms with Crippen LogP contribution < -0.4 is 0 Å². The molecule has 20 heavy (non-hydrogen) atoms. The van der Waals surface area contributed by atoms with Crippen molar-refractivity contribution in [1.82, 2.24) is 14.5 Å². The lowest BCUT2D eigenvalue weighted by atomic mass is 10.0. The SMILES string of the molecule is CCCC1(Cn2c(C(C)Cl)nc3c(C)ccnc32)CC1. The van der Waals surface area contributed by atoms with E-state index in [0.29, 0.717) is 5.41 Å². The molecule has 0 bridgehead atoms. The average Bonchev–Trinajstić information content (AvgIpc) is 3.04. The van der Waals surface area contributed by atoms with Gasteiger partial charge in [0.25, 0.3) is 0 Å². The maximum atomic E-state index is 6.35. The van der Waals surface area contributed by atoms with E-state index >= 15 is 0 Å². The van der Waals surface area contributed by atoms with Crippen LogP contribution in [0, 0.1) is 12.3 Å². The zero-order chi connectivity index (χ0) is 14.3. The Morgan fingerprint density at radius 1 is 1.45 bits per heavy atom. The lowest BCUT2D eigenvalue weighted by molar-refractivity contribution is 0.386. The van der Waals surface area contributed by atoms with E-state index in [0.717, 1.165) is 23.5 Å². The third kappa shape index (κ3) is 2.32. The summed E-state index contributed by atoms with van der Waals surface area (Å²) in [5, 5.41) is -0.0824. The normalized spacial score (nSPS) is 18.4. The van der Waals surface area contributed by atoms with E-state index in [1.807, 2.05) is 19.2 Å². The lowest BCUT2D eigenvalue weighted by Crippen LogP contribution is -2.15. The Labute approximate surface area is 125 Å². The number of fused-ring (bicyclic) bond motifs is 1. The molecule has 4 heteroatoms. The van der Waals surface area contributed by atoms with Gasteiger partial charge >= 0.3 is 0 Å². The van der Waals surface area contributed by atoms with Crippen molar-refractivity contribution in [2.24, 2.45) is 5.41 Å². The van der Waals surface area contributed by atoms with Crippen LogP contribution in [0.15, 0.2) is 12.3 Å². The van der Waals surface area contributed by atoms with Gasteiger partial charge < -0.3 is 4.57 Å². The molecule has 3 rings (SSSR count). The minimum atomic E-state index is -0.0824. The number of imidazole rings is 1. The smallest absolute Gasteiger partial charge is 0.160 e. The predicted molar refractivity (Wildman–Crippen MR) is 83.1 cm³/mol. The molecule has 1 aliphatic carbocycles. The van der Waals surface area contributed by atoms with Gasteiger partial charge in [0.05, 0.1) is 5.38 Å². The molecule has 108 valence electrons. The van der Waals surface area contributed by atoms with Crippen LogP contribution in [0.5, 0.6) is 0 Å². The number of pyridine rings is 1. The zero-order valence-corrected chi connectivity index (χ0v) is 13.2. The fraction of sp³-hybridized carbons (Fsp3) is 0.625. The molecule has 1 aliphatic rings. The van der Waals surface area contributed by atoms with E-state index in [-0.39, 0.29) is 5.38 Å². The Bertz CT molecular complexity index is 626. The van der Waals surface area contributed by atoms with E-state index < -0.39 is 0 Å². The maximum Gasteiger partial charge on any atom is 0.160 e. The fourth-order valence-corrected chi connectivity index (χ4v) is 3.31. The second kappa shape index (κ2) is 5.03. The highest BCUT2D eigenvalue weighted by Crippen LogP contribution is 2.51. The molecular weight excluding hydrogens is 270 g/mol. The molecule has 1 unspecified atom stereocenters. The maximum absolute atomic E-state index is 6.35. The highest BCUT2D eigenvalue weighted by atomic mass is 35.5. The van der Waals surface area contributed by atoms with E-state index in [4.69, 9.17) is 16.6 Å². The molecule has 2 aromatic rings. The van der Waals surface area contributed by atoms with Crippen LogP contribution in [0.1, 0.15) is 56.3 Å². The van der Waals surface area contributed by atoms with Crippen LogP contribution in [0.3, 0.4) is 0 Å². The number of rotatable bonds is 5. The third-order valence-corrected chi connectivity index (χ3v) is 4.65. The molecule has 0 N–H and O–H groups in total. The van der Waals surface area contributed by atoms with Crippen molar-refractivity contribution in [3.63, 3.8) is 0 Å². The second-order valence-corrected chi connectivity index (χ2v) is 6.88. The average molecular weight is 292 g/mol. The molecule has 2 heterocycles. The molecule has 0 saturated heterocycles. The van der Waals surface area contributed by atoms with Gasteiger partial charge in [0.15, 0.2) is 5.65 Å². The van der Waals surface area contributed by atoms with Crippen molar-refractivity contribution in [1.29, 1.82) is 0 Å². The predicted octanol–water partition coefficient (Wildman–Crippen LogP) is 4.62. The highest BCUT2D eigenvalue weighted by Gasteiger charge is 2.42. The van der Waals surface area contributed by atoms with Crippen molar-refractivity contribution in [2.75, 3.05) is 0 Å². The number of alkyl halides is 1. The van der Waals surface area contributed by atoms with Crippen molar-refractivity contribution >= 4 is 22.8 Å². The standard InChI is InChI=1S/C16H22ClN3/c1-4-6-16(7-8-16)10-20-14(12(3)17)19-13-11(2)5-9-18-15(13)20/h5,9,12H,4,6-8,10H2,1-3H3. The Morgan fingerprint density at radius 2 is 2.20 bits per heavy atom. The van der Waals surface area contributed by atoms with Crippen LogP contribution in [0.4, 0.5) is 0 Å². The van der Waals surface area contributed by atoms with Crippen LogP contribution in [0.2, 0.25) is 0 Å². The van der Waals surface area contributed by atoms with Gasteiger partial charge in [-0.3, -0.25) is 0 Å². The Balaban J connectivity index is 2.08. The molecule has 1 fully saturated rings. The molecule has 0 radical (unpaired) electrons. The van der Waals surface area contributed by atoms with E-state index in [1.54, 1.807) is 0 Å². The van der Waals surface area contributed by atoms with Crippen LogP contribution >= 0.6 is 11.6 Å². The van der Waals surface area contributed by atoms with Crippen LogP contribution in [-0.2, 0) is 6.54 Å². The van der Waals surface area contributed by atoms with Gasteiger partial charge in [-0.1, -0.05) is 13.3 Å². The van der Waals surface area contributed by atoms with Gasteiger partial charge in [-0.2, -0.15) is 0 Å². The van der Waals surface area contributed by atoms with E-state index in [1.165, 1.54) is 31.2 Å². The number of hydrogen-bond donors (Lipinski definition) is 0. The summed E-state index contributed by atoms with van der Waals surface area (Å²) < 4.78 is 2.27. The van der Waals surface area contributed by atoms with Crippen LogP contribution in [-0.4, -0.2) is 14.5 Å². The summed E-state index contributed by atoms with van der Waals surface area (Å²) in [7, 11) is 0. The van der Waals surface area contributed by atoms with Crippen LogP contribution in [0.25, 0.3) is 11.2 Å². The molecule has 0 spiro atoms. The topological polar surface area (TPSA) is 30.7 Å². The summed E-state index contributed by atoms with van der Waals surface area (Å²) in [4.78, 5) is 9.31. The second-order valence-electron chi connectivity index (χ2n) is 6.22. The molecule has 0 aliphatic heterocycles. The first-order valence-corrected chi connectivity index (χ1v) is 7.96. The zero-order valence-electron chi connectivity index (χ0n) is 12.5. The summed E-state index contributed by atoms with van der Waals surface area (Å²) in [5.41, 5.74) is 3.64. The van der Waals surface area contributed by atoms with Crippen molar-refractivity contribution in [3.05, 3.63) is 23.7 Å². The Kier molecular flexibility index (Phi) is 3.49. The fourth-order valence-electron chi connectivity index (χ4n) is 3.14. The summed E-state index contributed by atoms with van der Waals surface area (Å²) in [5.74, 6) is 0.964. The quantitative estimate of drug-likeness (QED) is 0.753. The largest absolute Gasteiger partial charge is 0.311 e. The molecule has 0 aromatic carbocycles. The van der Waals surface area contributed by atoms with Gasteiger partial charge in [0.2, 0.25) is 0 Å². The number of halogens is 1. The van der Waals surface area contributed by atoms with Gasteiger partial charge in [0, 0.05) is 12.7 Å².